The Morgan fingerprint density at radius 3 is 2.63 bits per heavy atom. The van der Waals surface area contributed by atoms with Crippen molar-refractivity contribution in [2.75, 3.05) is 5.32 Å². The van der Waals surface area contributed by atoms with Crippen LogP contribution in [-0.4, -0.2) is 26.5 Å². The van der Waals surface area contributed by atoms with Crippen LogP contribution >= 0.6 is 11.3 Å². The number of thiophene rings is 1. The molecule has 0 unspecified atom stereocenters. The highest BCUT2D eigenvalue weighted by Crippen LogP contribution is 2.32. The number of anilines is 1. The molecule has 0 aliphatic rings. The summed E-state index contributed by atoms with van der Waals surface area (Å²) in [6.45, 7) is 3.56. The summed E-state index contributed by atoms with van der Waals surface area (Å²) in [4.78, 5) is 28.0. The molecule has 0 fully saturated rings. The molecular weight excluding hydrogens is 266 g/mol. The molecule has 19 heavy (non-hydrogen) atoms. The van der Waals surface area contributed by atoms with Gasteiger partial charge < -0.3 is 15.0 Å². The number of aromatic nitrogens is 2. The summed E-state index contributed by atoms with van der Waals surface area (Å²) in [5, 5.41) is 12.2. The number of aromatic carboxylic acids is 1. The van der Waals surface area contributed by atoms with Crippen LogP contribution in [0.5, 0.6) is 0 Å². The summed E-state index contributed by atoms with van der Waals surface area (Å²) in [5.41, 5.74) is 1.20. The minimum absolute atomic E-state index is 0.151. The summed E-state index contributed by atoms with van der Waals surface area (Å²) in [6.07, 6.45) is 2.95. The SMILES string of the molecule is Cc1sc(NC(=O)c2cncn2C)c(C(=O)O)c1C. The fourth-order valence-corrected chi connectivity index (χ4v) is 2.76. The third-order valence-electron chi connectivity index (χ3n) is 2.88. The number of imidazole rings is 1. The number of hydrogen-bond donors (Lipinski definition) is 2. The van der Waals surface area contributed by atoms with Crippen molar-refractivity contribution in [3.8, 4) is 0 Å². The molecule has 6 nitrogen and oxygen atoms in total. The van der Waals surface area contributed by atoms with Crippen LogP contribution in [0, 0.1) is 13.8 Å². The summed E-state index contributed by atoms with van der Waals surface area (Å²) in [7, 11) is 1.70. The van der Waals surface area contributed by atoms with E-state index in [0.29, 0.717) is 16.3 Å². The zero-order chi connectivity index (χ0) is 14.2. The molecule has 0 saturated carbocycles. The molecule has 7 heteroatoms. The standard InChI is InChI=1S/C12H13N3O3S/c1-6-7(2)19-11(9(6)12(17)18)14-10(16)8-4-13-5-15(8)3/h4-5H,1-3H3,(H,14,16)(H,17,18). The normalized spacial score (nSPS) is 10.5. The van der Waals surface area contributed by atoms with E-state index in [2.05, 4.69) is 10.3 Å². The number of rotatable bonds is 3. The maximum Gasteiger partial charge on any atom is 0.338 e. The number of carboxylic acids is 1. The largest absolute Gasteiger partial charge is 0.478 e. The van der Waals surface area contributed by atoms with E-state index in [-0.39, 0.29) is 11.5 Å². The van der Waals surface area contributed by atoms with Crippen LogP contribution in [0.15, 0.2) is 12.5 Å². The molecule has 2 heterocycles. The first kappa shape index (κ1) is 13.3. The van der Waals surface area contributed by atoms with Crippen molar-refractivity contribution in [3.05, 3.63) is 34.2 Å². The van der Waals surface area contributed by atoms with Crippen LogP contribution < -0.4 is 5.32 Å². The molecule has 2 aromatic heterocycles. The number of carbonyl (C=O) groups excluding carboxylic acids is 1. The predicted molar refractivity (Wildman–Crippen MR) is 71.9 cm³/mol. The van der Waals surface area contributed by atoms with Gasteiger partial charge in [0.15, 0.2) is 0 Å². The van der Waals surface area contributed by atoms with E-state index in [0.717, 1.165) is 4.88 Å². The number of carbonyl (C=O) groups is 2. The molecule has 0 spiro atoms. The van der Waals surface area contributed by atoms with E-state index in [9.17, 15) is 14.7 Å². The van der Waals surface area contributed by atoms with Crippen LogP contribution in [0.25, 0.3) is 0 Å². The zero-order valence-electron chi connectivity index (χ0n) is 10.7. The highest BCUT2D eigenvalue weighted by atomic mass is 32.1. The number of amides is 1. The van der Waals surface area contributed by atoms with Crippen molar-refractivity contribution in [2.45, 2.75) is 13.8 Å². The van der Waals surface area contributed by atoms with Gasteiger partial charge in [0, 0.05) is 11.9 Å². The lowest BCUT2D eigenvalue weighted by Gasteiger charge is -2.04. The topological polar surface area (TPSA) is 84.2 Å². The molecule has 0 atom stereocenters. The molecule has 0 aliphatic carbocycles. The second-order valence-corrected chi connectivity index (χ2v) is 5.36. The van der Waals surface area contributed by atoms with Crippen molar-refractivity contribution in [2.24, 2.45) is 7.05 Å². The van der Waals surface area contributed by atoms with Gasteiger partial charge in [-0.2, -0.15) is 0 Å². The van der Waals surface area contributed by atoms with E-state index in [1.807, 2.05) is 6.92 Å². The maximum absolute atomic E-state index is 12.0. The molecule has 0 aromatic carbocycles. The minimum atomic E-state index is -1.04. The molecule has 1 amide bonds. The van der Waals surface area contributed by atoms with E-state index < -0.39 is 5.97 Å². The zero-order valence-corrected chi connectivity index (χ0v) is 11.5. The lowest BCUT2D eigenvalue weighted by molar-refractivity contribution is 0.0697. The Morgan fingerprint density at radius 2 is 2.11 bits per heavy atom. The molecule has 0 bridgehead atoms. The lowest BCUT2D eigenvalue weighted by atomic mass is 10.1. The van der Waals surface area contributed by atoms with Gasteiger partial charge in [-0.05, 0) is 19.4 Å². The fraction of sp³-hybridized carbons (Fsp3) is 0.250. The van der Waals surface area contributed by atoms with Crippen molar-refractivity contribution in [1.82, 2.24) is 9.55 Å². The average Bonchev–Trinajstić information content (AvgIpc) is 2.84. The fourth-order valence-electron chi connectivity index (χ4n) is 1.72. The maximum atomic E-state index is 12.0. The predicted octanol–water partition coefficient (Wildman–Crippen LogP) is 2.05. The van der Waals surface area contributed by atoms with Gasteiger partial charge >= 0.3 is 5.97 Å². The van der Waals surface area contributed by atoms with E-state index in [1.165, 1.54) is 23.9 Å². The number of nitrogens with one attached hydrogen (secondary N) is 1. The van der Waals surface area contributed by atoms with Gasteiger partial charge in [-0.15, -0.1) is 11.3 Å². The van der Waals surface area contributed by atoms with Crippen LogP contribution in [-0.2, 0) is 7.05 Å². The molecule has 2 aromatic rings. The van der Waals surface area contributed by atoms with Gasteiger partial charge in [-0.25, -0.2) is 9.78 Å². The van der Waals surface area contributed by atoms with Crippen LogP contribution in [0.1, 0.15) is 31.3 Å². The molecular formula is C12H13N3O3S. The second kappa shape index (κ2) is 4.85. The summed E-state index contributed by atoms with van der Waals surface area (Å²) >= 11 is 1.26. The molecule has 100 valence electrons. The van der Waals surface area contributed by atoms with Gasteiger partial charge in [0.1, 0.15) is 10.7 Å². The Balaban J connectivity index is 2.35. The summed E-state index contributed by atoms with van der Waals surface area (Å²) < 4.78 is 1.57. The van der Waals surface area contributed by atoms with E-state index >= 15 is 0 Å². The highest BCUT2D eigenvalue weighted by Gasteiger charge is 2.21. The number of aryl methyl sites for hydroxylation is 2. The van der Waals surface area contributed by atoms with Crippen LogP contribution in [0.4, 0.5) is 5.00 Å². The first-order valence-electron chi connectivity index (χ1n) is 5.52. The van der Waals surface area contributed by atoms with Gasteiger partial charge in [0.2, 0.25) is 0 Å². The number of carboxylic acid groups (broad SMARTS) is 1. The molecule has 2 rings (SSSR count). The molecule has 0 saturated heterocycles. The van der Waals surface area contributed by atoms with Crippen molar-refractivity contribution >= 4 is 28.2 Å². The molecule has 2 N–H and O–H groups in total. The highest BCUT2D eigenvalue weighted by molar-refractivity contribution is 7.16. The van der Waals surface area contributed by atoms with Gasteiger partial charge in [-0.3, -0.25) is 4.79 Å². The number of nitrogens with zero attached hydrogens (tertiary/aromatic N) is 2. The third kappa shape index (κ3) is 2.37. The molecule has 0 aliphatic heterocycles. The minimum Gasteiger partial charge on any atom is -0.478 e. The Labute approximate surface area is 113 Å². The van der Waals surface area contributed by atoms with Gasteiger partial charge in [-0.1, -0.05) is 0 Å². The van der Waals surface area contributed by atoms with Crippen molar-refractivity contribution in [1.29, 1.82) is 0 Å². The Hall–Kier alpha value is -2.15. The van der Waals surface area contributed by atoms with Gasteiger partial charge in [0.25, 0.3) is 5.91 Å². The number of hydrogen-bond acceptors (Lipinski definition) is 4. The van der Waals surface area contributed by atoms with E-state index in [1.54, 1.807) is 18.5 Å². The first-order valence-corrected chi connectivity index (χ1v) is 6.34. The quantitative estimate of drug-likeness (QED) is 0.900. The average molecular weight is 279 g/mol. The third-order valence-corrected chi connectivity index (χ3v) is 4.00. The summed E-state index contributed by atoms with van der Waals surface area (Å²) in [5.74, 6) is -1.41. The van der Waals surface area contributed by atoms with E-state index in [4.69, 9.17) is 0 Å². The van der Waals surface area contributed by atoms with Crippen LogP contribution in [0.3, 0.4) is 0 Å². The Kier molecular flexibility index (Phi) is 3.39. The van der Waals surface area contributed by atoms with Crippen LogP contribution in [0.2, 0.25) is 0 Å². The molecule has 0 radical (unpaired) electrons. The lowest BCUT2D eigenvalue weighted by Crippen LogP contribution is -2.16. The van der Waals surface area contributed by atoms with Gasteiger partial charge in [0.05, 0.1) is 18.1 Å². The van der Waals surface area contributed by atoms with Crippen molar-refractivity contribution < 1.29 is 14.7 Å². The second-order valence-electron chi connectivity index (χ2n) is 4.14. The monoisotopic (exact) mass is 279 g/mol. The first-order chi connectivity index (χ1) is 8.91. The smallest absolute Gasteiger partial charge is 0.338 e. The summed E-state index contributed by atoms with van der Waals surface area (Å²) in [6, 6.07) is 0. The Morgan fingerprint density at radius 1 is 1.42 bits per heavy atom. The Bertz CT molecular complexity index is 657. The van der Waals surface area contributed by atoms with Crippen molar-refractivity contribution in [3.63, 3.8) is 0 Å².